The second kappa shape index (κ2) is 9.28. The molecule has 4 aromatic rings. The molecule has 1 aliphatic rings. The zero-order valence-electron chi connectivity index (χ0n) is 18.4. The van der Waals surface area contributed by atoms with Gasteiger partial charge < -0.3 is 19.9 Å². The number of aryl methyl sites for hydroxylation is 1. The molecule has 1 saturated heterocycles. The van der Waals surface area contributed by atoms with Gasteiger partial charge in [0.2, 0.25) is 5.88 Å². The minimum absolute atomic E-state index is 0. The third-order valence-electron chi connectivity index (χ3n) is 5.47. The van der Waals surface area contributed by atoms with E-state index in [1.807, 2.05) is 16.7 Å². The molecule has 4 aromatic heterocycles. The number of hydrogen-bond donors (Lipinski definition) is 1. The first kappa shape index (κ1) is 22.9. The fourth-order valence-electron chi connectivity index (χ4n) is 3.96. The van der Waals surface area contributed by atoms with Crippen molar-refractivity contribution in [1.29, 1.82) is 0 Å². The molecule has 9 nitrogen and oxygen atoms in total. The van der Waals surface area contributed by atoms with Gasteiger partial charge in [-0.2, -0.15) is 13.5 Å². The third kappa shape index (κ3) is 4.74. The van der Waals surface area contributed by atoms with Crippen LogP contribution in [0.3, 0.4) is 0 Å². The molecule has 33 heavy (non-hydrogen) atoms. The lowest BCUT2D eigenvalue weighted by atomic mass is 10.2. The number of anilines is 1. The Kier molecular flexibility index (Phi) is 6.43. The minimum Gasteiger partial charge on any atom is -0.473 e. The van der Waals surface area contributed by atoms with Crippen molar-refractivity contribution < 1.29 is 9.13 Å². The van der Waals surface area contributed by atoms with Gasteiger partial charge in [-0.05, 0) is 32.0 Å². The van der Waals surface area contributed by atoms with Crippen molar-refractivity contribution in [3.05, 3.63) is 54.0 Å². The second-order valence-corrected chi connectivity index (χ2v) is 8.04. The molecule has 0 saturated carbocycles. The van der Waals surface area contributed by atoms with Crippen molar-refractivity contribution in [3.8, 4) is 17.3 Å². The number of nitrogens with zero attached hydrogens (tertiary/aromatic N) is 7. The number of nitrogen functional groups attached to an aromatic ring is 1. The highest BCUT2D eigenvalue weighted by atomic mass is 32.1. The molecule has 1 aliphatic heterocycles. The molecule has 0 bridgehead atoms. The van der Waals surface area contributed by atoms with Gasteiger partial charge in [-0.1, -0.05) is 6.07 Å². The summed E-state index contributed by atoms with van der Waals surface area (Å²) in [5, 5.41) is 0. The normalized spacial score (nSPS) is 16.2. The van der Waals surface area contributed by atoms with Crippen LogP contribution in [0.2, 0.25) is 0 Å². The predicted octanol–water partition coefficient (Wildman–Crippen LogP) is 2.56. The van der Waals surface area contributed by atoms with Crippen molar-refractivity contribution in [3.63, 3.8) is 0 Å². The van der Waals surface area contributed by atoms with E-state index in [9.17, 15) is 4.39 Å². The van der Waals surface area contributed by atoms with E-state index in [4.69, 9.17) is 10.5 Å². The van der Waals surface area contributed by atoms with E-state index in [0.717, 1.165) is 31.3 Å². The van der Waals surface area contributed by atoms with E-state index in [2.05, 4.69) is 36.9 Å². The topological polar surface area (TPSA) is 108 Å². The fraction of sp³-hybridized carbons (Fsp3) is 0.318. The minimum atomic E-state index is -0.447. The molecule has 5 rings (SSSR count). The van der Waals surface area contributed by atoms with Gasteiger partial charge in [0.1, 0.15) is 23.6 Å². The third-order valence-corrected chi connectivity index (χ3v) is 5.47. The van der Waals surface area contributed by atoms with E-state index in [0.29, 0.717) is 40.8 Å². The summed E-state index contributed by atoms with van der Waals surface area (Å²) < 4.78 is 21.7. The fourth-order valence-corrected chi connectivity index (χ4v) is 3.96. The summed E-state index contributed by atoms with van der Waals surface area (Å²) in [7, 11) is 2.08. The van der Waals surface area contributed by atoms with E-state index in [1.165, 1.54) is 6.07 Å². The Morgan fingerprint density at radius 2 is 2.03 bits per heavy atom. The zero-order valence-corrected chi connectivity index (χ0v) is 19.4. The number of rotatable bonds is 5. The second-order valence-electron chi connectivity index (χ2n) is 8.04. The molecule has 0 radical (unpaired) electrons. The van der Waals surface area contributed by atoms with Gasteiger partial charge >= 0.3 is 0 Å². The molecular formula is C22H25FN8OS. The SMILES string of the molecule is Cc1nc(N)c2nc(-c3cncc(F)c3)n(Cc3ccc(O[C@H]4CCN(C)C4)nc3)c2n1.S. The van der Waals surface area contributed by atoms with Crippen molar-refractivity contribution in [2.24, 2.45) is 0 Å². The number of likely N-dealkylation sites (tertiary alicyclic amines) is 1. The van der Waals surface area contributed by atoms with Crippen LogP contribution in [0.1, 0.15) is 17.8 Å². The molecule has 0 spiro atoms. The highest BCUT2D eigenvalue weighted by Gasteiger charge is 2.22. The maximum absolute atomic E-state index is 13.9. The number of ether oxygens (including phenoxy) is 1. The van der Waals surface area contributed by atoms with Crippen LogP contribution >= 0.6 is 13.5 Å². The Hall–Kier alpha value is -3.31. The van der Waals surface area contributed by atoms with Crippen LogP contribution in [0.5, 0.6) is 5.88 Å². The van der Waals surface area contributed by atoms with Crippen LogP contribution in [0, 0.1) is 12.7 Å². The van der Waals surface area contributed by atoms with Gasteiger partial charge in [0.05, 0.1) is 12.7 Å². The van der Waals surface area contributed by atoms with Crippen LogP contribution < -0.4 is 10.5 Å². The first-order valence-electron chi connectivity index (χ1n) is 10.4. The van der Waals surface area contributed by atoms with Crippen molar-refractivity contribution in [1.82, 2.24) is 34.4 Å². The molecule has 0 unspecified atom stereocenters. The summed E-state index contributed by atoms with van der Waals surface area (Å²) in [5.74, 6) is 1.47. The average Bonchev–Trinajstić information content (AvgIpc) is 3.33. The number of nitrogens with two attached hydrogens (primary N) is 1. The number of hydrogen-bond acceptors (Lipinski definition) is 8. The van der Waals surface area contributed by atoms with Crippen LogP contribution in [-0.4, -0.2) is 60.6 Å². The smallest absolute Gasteiger partial charge is 0.213 e. The Morgan fingerprint density at radius 3 is 2.73 bits per heavy atom. The molecule has 0 amide bonds. The Bertz CT molecular complexity index is 1280. The summed E-state index contributed by atoms with van der Waals surface area (Å²) in [6.07, 6.45) is 5.63. The first-order valence-corrected chi connectivity index (χ1v) is 10.4. The highest BCUT2D eigenvalue weighted by molar-refractivity contribution is 7.59. The molecule has 172 valence electrons. The Morgan fingerprint density at radius 1 is 1.18 bits per heavy atom. The largest absolute Gasteiger partial charge is 0.473 e. The van der Waals surface area contributed by atoms with Crippen LogP contribution in [0.4, 0.5) is 10.2 Å². The quantitative estimate of drug-likeness (QED) is 0.476. The van der Waals surface area contributed by atoms with E-state index < -0.39 is 5.82 Å². The standard InChI is InChI=1S/C22H23FN8O.H2S/c1-13-27-20(24)19-22(28-13)31(21(29-19)15-7-16(23)10-25-9-15)11-14-3-4-18(26-8-14)32-17-5-6-30(2)12-17;/h3-4,7-10,17H,5-6,11-12H2,1-2H3,(H2,24,27,28);1H2/t17-;/m0./s1. The number of pyridine rings is 2. The summed E-state index contributed by atoms with van der Waals surface area (Å²) in [6.45, 7) is 4.11. The maximum Gasteiger partial charge on any atom is 0.213 e. The van der Waals surface area contributed by atoms with Gasteiger partial charge in [0.15, 0.2) is 17.0 Å². The summed E-state index contributed by atoms with van der Waals surface area (Å²) in [6, 6.07) is 5.21. The van der Waals surface area contributed by atoms with Gasteiger partial charge in [-0.3, -0.25) is 4.98 Å². The van der Waals surface area contributed by atoms with Crippen molar-refractivity contribution in [2.45, 2.75) is 26.0 Å². The number of fused-ring (bicyclic) bond motifs is 1. The number of imidazole rings is 1. The molecule has 11 heteroatoms. The van der Waals surface area contributed by atoms with Crippen molar-refractivity contribution >= 4 is 30.5 Å². The van der Waals surface area contributed by atoms with Crippen LogP contribution in [-0.2, 0) is 6.54 Å². The number of likely N-dealkylation sites (N-methyl/N-ethyl adjacent to an activating group) is 1. The van der Waals surface area contributed by atoms with Gasteiger partial charge in [0.25, 0.3) is 0 Å². The number of aromatic nitrogens is 6. The molecule has 1 atom stereocenters. The Balaban J connectivity index is 0.00000259. The van der Waals surface area contributed by atoms with E-state index in [1.54, 1.807) is 19.3 Å². The first-order chi connectivity index (χ1) is 15.5. The summed E-state index contributed by atoms with van der Waals surface area (Å²) in [4.78, 5) is 24.0. The summed E-state index contributed by atoms with van der Waals surface area (Å²) in [5.41, 5.74) is 8.58. The van der Waals surface area contributed by atoms with Gasteiger partial charge in [-0.15, -0.1) is 0 Å². The molecule has 2 N–H and O–H groups in total. The van der Waals surface area contributed by atoms with Crippen LogP contribution in [0.25, 0.3) is 22.6 Å². The maximum atomic E-state index is 13.9. The monoisotopic (exact) mass is 468 g/mol. The zero-order chi connectivity index (χ0) is 22.2. The van der Waals surface area contributed by atoms with E-state index in [-0.39, 0.29) is 25.4 Å². The molecular weight excluding hydrogens is 443 g/mol. The van der Waals surface area contributed by atoms with Gasteiger partial charge in [0, 0.05) is 37.1 Å². The lowest BCUT2D eigenvalue weighted by Crippen LogP contribution is -2.21. The van der Waals surface area contributed by atoms with E-state index >= 15 is 0 Å². The number of halogens is 1. The molecule has 1 fully saturated rings. The Labute approximate surface area is 197 Å². The highest BCUT2D eigenvalue weighted by Crippen LogP contribution is 2.27. The molecule has 0 aliphatic carbocycles. The van der Waals surface area contributed by atoms with Gasteiger partial charge in [-0.25, -0.2) is 24.3 Å². The van der Waals surface area contributed by atoms with Crippen LogP contribution in [0.15, 0.2) is 36.8 Å². The van der Waals surface area contributed by atoms with Crippen molar-refractivity contribution in [2.75, 3.05) is 25.9 Å². The predicted molar refractivity (Wildman–Crippen MR) is 128 cm³/mol. The lowest BCUT2D eigenvalue weighted by Gasteiger charge is -2.13. The summed E-state index contributed by atoms with van der Waals surface area (Å²) >= 11 is 0. The molecule has 5 heterocycles. The average molecular weight is 469 g/mol. The molecule has 0 aromatic carbocycles. The lowest BCUT2D eigenvalue weighted by molar-refractivity contribution is 0.200.